The Kier molecular flexibility index (Phi) is 5.33. The molecule has 0 amide bonds. The van der Waals surface area contributed by atoms with Crippen LogP contribution in [0.15, 0.2) is 58.9 Å². The fourth-order valence-corrected chi connectivity index (χ4v) is 4.37. The van der Waals surface area contributed by atoms with Crippen molar-refractivity contribution in [3.05, 3.63) is 54.0 Å². The molecule has 0 radical (unpaired) electrons. The van der Waals surface area contributed by atoms with E-state index >= 15 is 0 Å². The van der Waals surface area contributed by atoms with E-state index in [9.17, 15) is 17.4 Å². The first-order valence-corrected chi connectivity index (χ1v) is 10.4. The normalized spacial score (nSPS) is 14.7. The lowest BCUT2D eigenvalue weighted by Crippen LogP contribution is -2.28. The Bertz CT molecular complexity index is 1030. The molecule has 0 fully saturated rings. The molecule has 0 spiro atoms. The molecule has 1 aromatic heterocycles. The molecule has 3 aromatic rings. The number of halogens is 3. The zero-order chi connectivity index (χ0) is 20.4. The van der Waals surface area contributed by atoms with Gasteiger partial charge in [-0.3, -0.25) is 4.72 Å². The van der Waals surface area contributed by atoms with Crippen LogP contribution >= 0.6 is 11.3 Å². The van der Waals surface area contributed by atoms with Gasteiger partial charge < -0.3 is 14.4 Å². The Balaban J connectivity index is 1.59. The number of hydrogen-bond donors (Lipinski definition) is 1. The molecule has 4 rings (SSSR count). The summed E-state index contributed by atoms with van der Waals surface area (Å²) in [4.78, 5) is 6.36. The lowest BCUT2D eigenvalue weighted by molar-refractivity contribution is -0.274. The summed E-state index contributed by atoms with van der Waals surface area (Å²) in [5.74, 6) is 0.193. The second-order valence-corrected chi connectivity index (χ2v) is 7.99. The predicted octanol–water partition coefficient (Wildman–Crippen LogP) is 4.71. The summed E-state index contributed by atoms with van der Waals surface area (Å²) in [6.45, 7) is 0.773. The highest BCUT2D eigenvalue weighted by Gasteiger charge is 2.31. The van der Waals surface area contributed by atoms with E-state index in [1.165, 1.54) is 29.5 Å². The maximum absolute atomic E-state index is 12.5. The second kappa shape index (κ2) is 7.91. The van der Waals surface area contributed by atoms with Crippen molar-refractivity contribution in [3.63, 3.8) is 0 Å². The summed E-state index contributed by atoms with van der Waals surface area (Å²) < 4.78 is 62.5. The van der Waals surface area contributed by atoms with Crippen LogP contribution in [0.3, 0.4) is 0 Å². The van der Waals surface area contributed by atoms with Crippen molar-refractivity contribution in [1.82, 2.24) is 4.98 Å². The summed E-state index contributed by atoms with van der Waals surface area (Å²) in [6.07, 6.45) is -3.15. The van der Waals surface area contributed by atoms with Gasteiger partial charge in [0.2, 0.25) is 0 Å². The van der Waals surface area contributed by atoms with Gasteiger partial charge in [0.25, 0.3) is 0 Å². The van der Waals surface area contributed by atoms with Gasteiger partial charge in [0.05, 0.1) is 17.1 Å². The van der Waals surface area contributed by atoms with E-state index in [2.05, 4.69) is 14.4 Å². The maximum atomic E-state index is 12.5. The Morgan fingerprint density at radius 1 is 1.24 bits per heavy atom. The van der Waals surface area contributed by atoms with E-state index in [0.717, 1.165) is 0 Å². The third kappa shape index (κ3) is 4.62. The van der Waals surface area contributed by atoms with Crippen LogP contribution in [-0.4, -0.2) is 28.7 Å². The van der Waals surface area contributed by atoms with Crippen molar-refractivity contribution in [1.29, 1.82) is 0 Å². The van der Waals surface area contributed by atoms with Gasteiger partial charge >= 0.3 is 6.36 Å². The SMILES string of the molecule is O=S(Nc1nccs1)c1ccc2c(c1)OCCN2c1cccc(OC(F)(F)F)c1. The number of ether oxygens (including phenoxy) is 2. The van der Waals surface area contributed by atoms with E-state index in [-0.39, 0.29) is 5.75 Å². The number of benzene rings is 2. The van der Waals surface area contributed by atoms with E-state index in [4.69, 9.17) is 4.74 Å². The average molecular weight is 441 g/mol. The summed E-state index contributed by atoms with van der Waals surface area (Å²) in [6, 6.07) is 10.8. The highest BCUT2D eigenvalue weighted by atomic mass is 32.2. The monoisotopic (exact) mass is 441 g/mol. The minimum Gasteiger partial charge on any atom is -0.489 e. The average Bonchev–Trinajstić information content (AvgIpc) is 3.19. The van der Waals surface area contributed by atoms with Gasteiger partial charge in [-0.2, -0.15) is 0 Å². The van der Waals surface area contributed by atoms with Crippen LogP contribution in [0.4, 0.5) is 29.7 Å². The van der Waals surface area contributed by atoms with Gasteiger partial charge in [-0.1, -0.05) is 6.07 Å². The van der Waals surface area contributed by atoms with Crippen molar-refractivity contribution in [2.45, 2.75) is 11.3 Å². The number of anilines is 3. The minimum absolute atomic E-state index is 0.298. The van der Waals surface area contributed by atoms with E-state index in [0.29, 0.717) is 40.3 Å². The molecule has 1 N–H and O–H groups in total. The topological polar surface area (TPSA) is 63.7 Å². The number of nitrogens with zero attached hydrogens (tertiary/aromatic N) is 2. The van der Waals surface area contributed by atoms with Gasteiger partial charge in [0.15, 0.2) is 16.1 Å². The molecule has 1 aliphatic heterocycles. The molecule has 0 saturated carbocycles. The number of nitrogens with one attached hydrogen (secondary N) is 1. The highest BCUT2D eigenvalue weighted by molar-refractivity contribution is 7.86. The van der Waals surface area contributed by atoms with Crippen LogP contribution in [-0.2, 0) is 11.0 Å². The number of fused-ring (bicyclic) bond motifs is 1. The number of alkyl halides is 3. The van der Waals surface area contributed by atoms with Gasteiger partial charge in [-0.15, -0.1) is 24.5 Å². The third-order valence-electron chi connectivity index (χ3n) is 3.98. The number of thiazole rings is 1. The molecule has 29 heavy (non-hydrogen) atoms. The Morgan fingerprint density at radius 2 is 2.10 bits per heavy atom. The number of hydrogen-bond acceptors (Lipinski definition) is 6. The summed E-state index contributed by atoms with van der Waals surface area (Å²) in [7, 11) is -1.53. The predicted molar refractivity (Wildman–Crippen MR) is 104 cm³/mol. The van der Waals surface area contributed by atoms with E-state index in [1.54, 1.807) is 35.8 Å². The molecule has 2 heterocycles. The molecule has 152 valence electrons. The summed E-state index contributed by atoms with van der Waals surface area (Å²) >= 11 is 1.33. The molecule has 11 heteroatoms. The first kappa shape index (κ1) is 19.5. The zero-order valence-electron chi connectivity index (χ0n) is 14.7. The van der Waals surface area contributed by atoms with Gasteiger partial charge in [0, 0.05) is 29.4 Å². The van der Waals surface area contributed by atoms with Gasteiger partial charge in [-0.25, -0.2) is 9.19 Å². The fraction of sp³-hybridized carbons (Fsp3) is 0.167. The lowest BCUT2D eigenvalue weighted by atomic mass is 10.2. The molecule has 2 aromatic carbocycles. The van der Waals surface area contributed by atoms with Crippen LogP contribution in [0.1, 0.15) is 0 Å². The smallest absolute Gasteiger partial charge is 0.489 e. The van der Waals surface area contributed by atoms with Crippen LogP contribution in [0.25, 0.3) is 0 Å². The van der Waals surface area contributed by atoms with Gasteiger partial charge in [0.1, 0.15) is 18.1 Å². The molecule has 0 aliphatic carbocycles. The Hall–Kier alpha value is -2.79. The molecule has 0 saturated heterocycles. The summed E-state index contributed by atoms with van der Waals surface area (Å²) in [5.41, 5.74) is 1.20. The molecule has 1 aliphatic rings. The van der Waals surface area contributed by atoms with E-state index < -0.39 is 17.3 Å². The largest absolute Gasteiger partial charge is 0.573 e. The first-order valence-electron chi connectivity index (χ1n) is 8.37. The van der Waals surface area contributed by atoms with Crippen molar-refractivity contribution < 1.29 is 26.9 Å². The van der Waals surface area contributed by atoms with Crippen LogP contribution in [0.2, 0.25) is 0 Å². The quantitative estimate of drug-likeness (QED) is 0.622. The molecular weight excluding hydrogens is 427 g/mol. The van der Waals surface area contributed by atoms with Crippen molar-refractivity contribution in [3.8, 4) is 11.5 Å². The molecular formula is C18H14F3N3O3S2. The number of rotatable bonds is 5. The van der Waals surface area contributed by atoms with Crippen molar-refractivity contribution in [2.24, 2.45) is 0 Å². The third-order valence-corrected chi connectivity index (χ3v) is 5.86. The van der Waals surface area contributed by atoms with Gasteiger partial charge in [-0.05, 0) is 24.3 Å². The first-order chi connectivity index (χ1) is 13.9. The van der Waals surface area contributed by atoms with E-state index in [1.807, 2.05) is 4.90 Å². The Labute approximate surface area is 170 Å². The number of aromatic nitrogens is 1. The van der Waals surface area contributed by atoms with Crippen LogP contribution in [0, 0.1) is 0 Å². The van der Waals surface area contributed by atoms with Crippen LogP contribution in [0.5, 0.6) is 11.5 Å². The lowest BCUT2D eigenvalue weighted by Gasteiger charge is -2.31. The minimum atomic E-state index is -4.76. The molecule has 0 bridgehead atoms. The fourth-order valence-electron chi connectivity index (χ4n) is 2.84. The zero-order valence-corrected chi connectivity index (χ0v) is 16.3. The van der Waals surface area contributed by atoms with Crippen molar-refractivity contribution in [2.75, 3.05) is 22.8 Å². The van der Waals surface area contributed by atoms with Crippen molar-refractivity contribution >= 4 is 38.8 Å². The molecule has 1 atom stereocenters. The molecule has 6 nitrogen and oxygen atoms in total. The van der Waals surface area contributed by atoms with Crippen LogP contribution < -0.4 is 19.1 Å². The Morgan fingerprint density at radius 3 is 2.86 bits per heavy atom. The maximum Gasteiger partial charge on any atom is 0.573 e. The summed E-state index contributed by atoms with van der Waals surface area (Å²) in [5, 5.41) is 2.30. The molecule has 1 unspecified atom stereocenters. The highest BCUT2D eigenvalue weighted by Crippen LogP contribution is 2.39. The second-order valence-electron chi connectivity index (χ2n) is 5.88. The standard InChI is InChI=1S/C18H14F3N3O3S2/c19-18(20,21)27-13-3-1-2-12(10-13)24-7-8-26-16-11-14(4-5-15(16)24)29(25)23-17-22-6-9-28-17/h1-6,9-11H,7-8H2,(H,22,23).